The van der Waals surface area contributed by atoms with Crippen LogP contribution in [0.4, 0.5) is 16.3 Å². The molecular formula is C28H38N7O3+. The van der Waals surface area contributed by atoms with E-state index in [1.165, 1.54) is 10.5 Å². The molecular weight excluding hydrogens is 482 g/mol. The lowest BCUT2D eigenvalue weighted by molar-refractivity contribution is -0.639. The topological polar surface area (TPSA) is 127 Å². The fourth-order valence-electron chi connectivity index (χ4n) is 4.40. The van der Waals surface area contributed by atoms with Crippen molar-refractivity contribution in [2.24, 2.45) is 0 Å². The van der Waals surface area contributed by atoms with Gasteiger partial charge in [0.15, 0.2) is 0 Å². The molecule has 0 aliphatic carbocycles. The van der Waals surface area contributed by atoms with Gasteiger partial charge in [0.25, 0.3) is 5.91 Å². The number of anilines is 2. The molecule has 1 aromatic heterocycles. The molecule has 10 heteroatoms. The molecule has 202 valence electrons. The summed E-state index contributed by atoms with van der Waals surface area (Å²) < 4.78 is 5.29. The summed E-state index contributed by atoms with van der Waals surface area (Å²) in [6.45, 7) is 7.24. The van der Waals surface area contributed by atoms with Crippen molar-refractivity contribution in [2.45, 2.75) is 38.8 Å². The first-order valence-corrected chi connectivity index (χ1v) is 13.0. The highest BCUT2D eigenvalue weighted by molar-refractivity contribution is 6.44. The molecule has 0 unspecified atom stereocenters. The predicted molar refractivity (Wildman–Crippen MR) is 147 cm³/mol. The number of carbonyl (C=O) groups is 2. The summed E-state index contributed by atoms with van der Waals surface area (Å²) in [5.74, 6) is 0.866. The maximum absolute atomic E-state index is 13.0. The largest absolute Gasteiger partial charge is 0.380 e. The quantitative estimate of drug-likeness (QED) is 0.377. The van der Waals surface area contributed by atoms with Gasteiger partial charge >= 0.3 is 6.03 Å². The van der Waals surface area contributed by atoms with Gasteiger partial charge in [0, 0.05) is 51.4 Å². The molecule has 2 aliphatic heterocycles. The Kier molecular flexibility index (Phi) is 8.75. The van der Waals surface area contributed by atoms with Crippen molar-refractivity contribution in [3.8, 4) is 0 Å². The van der Waals surface area contributed by atoms with Gasteiger partial charge in [-0.3, -0.25) is 10.2 Å². The standard InChI is InChI=1S/C28H37N7O3/c1-18(2)32-24-11-12-35(25-10-7-20(14-30-25)21-16-38-17-21)15-23(24)26(29)27(36)31-13-19-5-8-22(9-6-19)33-28(37)34(3)4/h5-10,14,18,21,29,32H,11-13,15-17H2,1-4H3,(H,31,36)(H,33,37)/p+1. The van der Waals surface area contributed by atoms with E-state index >= 15 is 0 Å². The van der Waals surface area contributed by atoms with Crippen LogP contribution in [0.5, 0.6) is 0 Å². The third kappa shape index (κ3) is 6.76. The number of pyridine rings is 1. The molecule has 0 saturated carbocycles. The number of amides is 3. The highest BCUT2D eigenvalue weighted by atomic mass is 16.5. The highest BCUT2D eigenvalue weighted by Crippen LogP contribution is 2.26. The van der Waals surface area contributed by atoms with Crippen molar-refractivity contribution in [1.29, 1.82) is 5.41 Å². The van der Waals surface area contributed by atoms with Crippen molar-refractivity contribution in [3.63, 3.8) is 0 Å². The second kappa shape index (κ2) is 12.2. The lowest BCUT2D eigenvalue weighted by Gasteiger charge is -2.31. The van der Waals surface area contributed by atoms with E-state index in [0.29, 0.717) is 24.2 Å². The normalized spacial score (nSPS) is 15.8. The second-order valence-corrected chi connectivity index (χ2v) is 10.3. The molecule has 0 atom stereocenters. The maximum atomic E-state index is 13.0. The van der Waals surface area contributed by atoms with Crippen LogP contribution in [0.3, 0.4) is 0 Å². The van der Waals surface area contributed by atoms with Crippen LogP contribution < -0.4 is 20.9 Å². The number of hydrogen-bond donors (Lipinski definition) is 4. The van der Waals surface area contributed by atoms with Crippen molar-refractivity contribution >= 4 is 29.2 Å². The van der Waals surface area contributed by atoms with Crippen LogP contribution in [0.1, 0.15) is 37.3 Å². The van der Waals surface area contributed by atoms with Gasteiger partial charge in [-0.15, -0.1) is 0 Å². The molecule has 3 amide bonds. The number of nitrogens with one attached hydrogen (secondary N) is 3. The Labute approximate surface area is 224 Å². The van der Waals surface area contributed by atoms with E-state index in [9.17, 15) is 9.59 Å². The molecule has 1 fully saturated rings. The number of ether oxygens (including phenoxy) is 1. The lowest BCUT2D eigenvalue weighted by atomic mass is 9.98. The van der Waals surface area contributed by atoms with E-state index in [4.69, 9.17) is 10.1 Å². The van der Waals surface area contributed by atoms with Crippen LogP contribution in [0.25, 0.3) is 0 Å². The van der Waals surface area contributed by atoms with E-state index in [2.05, 4.69) is 45.7 Å². The highest BCUT2D eigenvalue weighted by Gasteiger charge is 2.29. The summed E-state index contributed by atoms with van der Waals surface area (Å²) in [6.07, 6.45) is 2.67. The Hall–Kier alpha value is -3.76. The first-order chi connectivity index (χ1) is 18.2. The fraction of sp³-hybridized carbons (Fsp3) is 0.429. The molecule has 1 saturated heterocycles. The third-order valence-corrected chi connectivity index (χ3v) is 6.72. The minimum absolute atomic E-state index is 0.0142. The van der Waals surface area contributed by atoms with Crippen LogP contribution in [-0.4, -0.2) is 74.0 Å². The Bertz CT molecular complexity index is 1190. The molecule has 1 aromatic carbocycles. The summed E-state index contributed by atoms with van der Waals surface area (Å²) in [6, 6.07) is 11.5. The Morgan fingerprint density at radius 1 is 1.18 bits per heavy atom. The first kappa shape index (κ1) is 27.3. The van der Waals surface area contributed by atoms with E-state index in [0.717, 1.165) is 48.8 Å². The SMILES string of the molecule is CC(C)[NH2+]C1=C(C(=N)C(=O)NCc2ccc(NC(=O)N(C)C)cc2)CN(c2ccc(C3COC3)cn2)CC1. The zero-order valence-electron chi connectivity index (χ0n) is 22.6. The van der Waals surface area contributed by atoms with E-state index < -0.39 is 5.91 Å². The molecule has 5 N–H and O–H groups in total. The molecule has 2 aliphatic rings. The smallest absolute Gasteiger partial charge is 0.321 e. The van der Waals surface area contributed by atoms with Gasteiger partial charge in [-0.1, -0.05) is 18.2 Å². The van der Waals surface area contributed by atoms with Crippen LogP contribution in [0, 0.1) is 5.41 Å². The Morgan fingerprint density at radius 2 is 1.92 bits per heavy atom. The van der Waals surface area contributed by atoms with Crippen LogP contribution in [0.2, 0.25) is 0 Å². The summed E-state index contributed by atoms with van der Waals surface area (Å²) in [7, 11) is 3.36. The van der Waals surface area contributed by atoms with Crippen molar-refractivity contribution in [1.82, 2.24) is 15.2 Å². The maximum Gasteiger partial charge on any atom is 0.321 e. The monoisotopic (exact) mass is 520 g/mol. The van der Waals surface area contributed by atoms with E-state index in [-0.39, 0.29) is 18.3 Å². The number of urea groups is 1. The molecule has 0 radical (unpaired) electrons. The van der Waals surface area contributed by atoms with Crippen LogP contribution in [-0.2, 0) is 16.1 Å². The number of benzene rings is 1. The summed E-state index contributed by atoms with van der Waals surface area (Å²) in [5, 5.41) is 16.6. The number of carbonyl (C=O) groups excluding carboxylic acids is 2. The summed E-state index contributed by atoms with van der Waals surface area (Å²) in [5.41, 5.74) is 4.52. The number of nitrogens with zero attached hydrogens (tertiary/aromatic N) is 3. The van der Waals surface area contributed by atoms with Crippen molar-refractivity contribution in [2.75, 3.05) is 50.6 Å². The molecule has 4 rings (SSSR count). The number of hydrogen-bond acceptors (Lipinski definition) is 6. The Balaban J connectivity index is 1.40. The number of rotatable bonds is 9. The number of quaternary nitrogens is 1. The van der Waals surface area contributed by atoms with Crippen LogP contribution in [0.15, 0.2) is 53.9 Å². The van der Waals surface area contributed by atoms with Gasteiger partial charge in [-0.05, 0) is 43.2 Å². The summed E-state index contributed by atoms with van der Waals surface area (Å²) in [4.78, 5) is 33.1. The average molecular weight is 521 g/mol. The molecule has 0 spiro atoms. The Morgan fingerprint density at radius 3 is 2.50 bits per heavy atom. The molecule has 10 nitrogen and oxygen atoms in total. The number of nitrogens with two attached hydrogens (primary N) is 1. The summed E-state index contributed by atoms with van der Waals surface area (Å²) >= 11 is 0. The van der Waals surface area contributed by atoms with Gasteiger partial charge in [0.1, 0.15) is 17.2 Å². The average Bonchev–Trinajstić information content (AvgIpc) is 2.87. The van der Waals surface area contributed by atoms with Gasteiger partial charge in [-0.2, -0.15) is 0 Å². The second-order valence-electron chi connectivity index (χ2n) is 10.3. The van der Waals surface area contributed by atoms with Gasteiger partial charge in [-0.25, -0.2) is 9.78 Å². The van der Waals surface area contributed by atoms with Gasteiger partial charge in [0.2, 0.25) is 0 Å². The zero-order chi connectivity index (χ0) is 27.2. The molecule has 38 heavy (non-hydrogen) atoms. The predicted octanol–water partition coefficient (Wildman–Crippen LogP) is 2.06. The lowest BCUT2D eigenvalue weighted by Crippen LogP contribution is -2.87. The minimum Gasteiger partial charge on any atom is -0.380 e. The first-order valence-electron chi connectivity index (χ1n) is 13.0. The van der Waals surface area contributed by atoms with Crippen molar-refractivity contribution in [3.05, 3.63) is 65.0 Å². The number of aromatic nitrogens is 1. The molecule has 3 heterocycles. The zero-order valence-corrected chi connectivity index (χ0v) is 22.6. The van der Waals surface area contributed by atoms with E-state index in [1.807, 2.05) is 24.4 Å². The van der Waals surface area contributed by atoms with E-state index in [1.54, 1.807) is 26.2 Å². The van der Waals surface area contributed by atoms with Crippen LogP contribution >= 0.6 is 0 Å². The molecule has 2 aromatic rings. The van der Waals surface area contributed by atoms with Crippen molar-refractivity contribution < 1.29 is 19.6 Å². The third-order valence-electron chi connectivity index (χ3n) is 6.72. The molecule has 0 bridgehead atoms. The van der Waals surface area contributed by atoms with Gasteiger partial charge in [0.05, 0.1) is 31.4 Å². The van der Waals surface area contributed by atoms with Gasteiger partial charge < -0.3 is 30.5 Å². The minimum atomic E-state index is -0.408. The fourth-order valence-corrected chi connectivity index (χ4v) is 4.40.